The van der Waals surface area contributed by atoms with E-state index < -0.39 is 15.4 Å². The summed E-state index contributed by atoms with van der Waals surface area (Å²) in [6.45, 7) is 1.64. The van der Waals surface area contributed by atoms with Crippen LogP contribution >= 0.6 is 33.9 Å². The average Bonchev–Trinajstić information content (AvgIpc) is 2.05. The van der Waals surface area contributed by atoms with E-state index in [9.17, 15) is 8.42 Å². The van der Waals surface area contributed by atoms with Gasteiger partial charge < -0.3 is 19.4 Å². The van der Waals surface area contributed by atoms with E-state index in [0.29, 0.717) is 6.47 Å². The molecule has 0 aromatic rings. The number of aliphatic hydroxyl groups excluding tert-OH is 1. The van der Waals surface area contributed by atoms with Gasteiger partial charge in [0.1, 0.15) is 12.1 Å². The number of hydrogen-bond donors (Lipinski definition) is 1. The molecule has 0 aliphatic rings. The number of hydrogen-bond acceptors (Lipinski definition) is 6. The smallest absolute Gasteiger partial charge is 0.356 e. The largest absolute Gasteiger partial charge is 0.665 e. The maximum atomic E-state index is 9.69. The third kappa shape index (κ3) is 72.4. The van der Waals surface area contributed by atoms with Crippen molar-refractivity contribution in [2.75, 3.05) is 12.1 Å². The van der Waals surface area contributed by atoms with Gasteiger partial charge in [-0.1, -0.05) is 36.1 Å². The van der Waals surface area contributed by atoms with Crippen LogP contribution in [0.4, 0.5) is 0 Å². The Labute approximate surface area is 163 Å². The Balaban J connectivity index is -0.0000000430. The van der Waals surface area contributed by atoms with E-state index in [0.717, 1.165) is 6.47 Å². The molecular formula is C4H5Cl3O7SY2-2. The van der Waals surface area contributed by atoms with Crippen molar-refractivity contribution in [2.45, 2.75) is 0 Å². The van der Waals surface area contributed by atoms with E-state index in [4.69, 9.17) is 37.9 Å². The fourth-order valence-corrected chi connectivity index (χ4v) is 0.849. The molecule has 0 fully saturated rings. The molecule has 0 saturated heterocycles. The van der Waals surface area contributed by atoms with Gasteiger partial charge in [-0.05, 0) is 0 Å². The molecule has 0 aromatic heterocycles. The molecule has 0 rings (SSSR count). The Morgan fingerprint density at radius 2 is 1.47 bits per heavy atom. The number of ether oxygens (including phenoxy) is 1. The first-order valence-corrected chi connectivity index (χ1v) is 5.91. The molecule has 0 aliphatic carbocycles. The zero-order valence-corrected chi connectivity index (χ0v) is 16.8. The van der Waals surface area contributed by atoms with Crippen molar-refractivity contribution in [2.24, 2.45) is 0 Å². The van der Waals surface area contributed by atoms with Gasteiger partial charge in [-0.2, -0.15) is 8.42 Å². The fraction of sp³-hybridized carbons (Fsp3) is 0.500. The molecule has 0 heterocycles. The molecule has 0 atom stereocenters. The minimum atomic E-state index is -3.83. The number of halogens is 3. The van der Waals surface area contributed by atoms with Crippen molar-refractivity contribution in [3.63, 3.8) is 0 Å². The third-order valence-electron chi connectivity index (χ3n) is 0.299. The van der Waals surface area contributed by atoms with Crippen LogP contribution in [0.5, 0.6) is 0 Å². The standard InChI is InChI=1S/C2H2ClO2.CH2Cl2O3S.CHO2.2Y/c3-1-5-2-4;2-1-6-7(3,4)5;2-1-3;;/h1H2;1H2;(H,2,3);;/q-1;;-1;;. The summed E-state index contributed by atoms with van der Waals surface area (Å²) in [6.07, 6.45) is 0. The van der Waals surface area contributed by atoms with Crippen LogP contribution in [0.2, 0.25) is 0 Å². The summed E-state index contributed by atoms with van der Waals surface area (Å²) in [7, 11) is 0.665. The summed E-state index contributed by atoms with van der Waals surface area (Å²) in [5, 5.41) is 6.76. The second-order valence-corrected chi connectivity index (χ2v) is 3.64. The summed E-state index contributed by atoms with van der Waals surface area (Å²) >= 11 is 9.62. The molecule has 0 unspecified atom stereocenters. The van der Waals surface area contributed by atoms with Crippen LogP contribution < -0.4 is 0 Å². The Bertz CT molecular complexity index is 237. The number of alkyl halides is 2. The summed E-state index contributed by atoms with van der Waals surface area (Å²) in [5.41, 5.74) is 0. The van der Waals surface area contributed by atoms with Crippen LogP contribution in [0.1, 0.15) is 0 Å². The normalized spacial score (nSPS) is 7.47. The van der Waals surface area contributed by atoms with E-state index in [1.807, 2.05) is 0 Å². The van der Waals surface area contributed by atoms with E-state index in [1.54, 1.807) is 0 Å². The Morgan fingerprint density at radius 1 is 1.12 bits per heavy atom. The molecule has 7 nitrogen and oxygen atoms in total. The first-order valence-electron chi connectivity index (χ1n) is 2.60. The monoisotopic (exact) mass is 480 g/mol. The van der Waals surface area contributed by atoms with Crippen LogP contribution in [0, 0.1) is 0 Å². The van der Waals surface area contributed by atoms with E-state index >= 15 is 0 Å². The van der Waals surface area contributed by atoms with Gasteiger partial charge in [0.2, 0.25) is 0 Å². The summed E-state index contributed by atoms with van der Waals surface area (Å²) in [6, 6.07) is -0.546. The summed E-state index contributed by atoms with van der Waals surface area (Å²) in [4.78, 5) is 17.2. The van der Waals surface area contributed by atoms with Gasteiger partial charge >= 0.3 is 9.33 Å². The molecule has 98 valence electrons. The van der Waals surface area contributed by atoms with Gasteiger partial charge in [0.25, 0.3) is 0 Å². The molecular weight excluding hydrogens is 476 g/mol. The van der Waals surface area contributed by atoms with E-state index in [-0.39, 0.29) is 71.5 Å². The average molecular weight is 481 g/mol. The van der Waals surface area contributed by atoms with E-state index in [2.05, 4.69) is 19.6 Å². The predicted molar refractivity (Wildman–Crippen MR) is 52.4 cm³/mol. The van der Waals surface area contributed by atoms with E-state index in [1.165, 1.54) is 0 Å². The van der Waals surface area contributed by atoms with Crippen molar-refractivity contribution < 1.29 is 97.5 Å². The van der Waals surface area contributed by atoms with Crippen molar-refractivity contribution in [1.82, 2.24) is 0 Å². The molecule has 17 heavy (non-hydrogen) atoms. The first kappa shape index (κ1) is 31.4. The Hall–Kier alpha value is 1.93. The number of carbonyl (C=O) groups excluding carboxylic acids is 1. The van der Waals surface area contributed by atoms with Gasteiger partial charge in [0.15, 0.2) is 0 Å². The Morgan fingerprint density at radius 3 is 1.47 bits per heavy atom. The molecule has 0 aromatic carbocycles. The molecule has 0 aliphatic heterocycles. The zero-order valence-electron chi connectivity index (χ0n) is 8.01. The fourth-order valence-electron chi connectivity index (χ4n) is 0.0755. The molecule has 13 heteroatoms. The van der Waals surface area contributed by atoms with Crippen molar-refractivity contribution >= 4 is 56.2 Å². The molecule has 0 spiro atoms. The molecule has 0 bridgehead atoms. The second-order valence-electron chi connectivity index (χ2n) is 1.05. The van der Waals surface area contributed by atoms with Crippen LogP contribution in [-0.4, -0.2) is 38.6 Å². The minimum absolute atomic E-state index is 0. The van der Waals surface area contributed by atoms with Gasteiger partial charge in [-0.15, -0.1) is 0 Å². The van der Waals surface area contributed by atoms with Gasteiger partial charge in [-0.25, -0.2) is 4.18 Å². The summed E-state index contributed by atoms with van der Waals surface area (Å²) < 4.78 is 26.9. The SMILES string of the molecule is O=S(=O)(Cl)OCCl.O=[C-]O.O=[C-]OCCl.[Y].[Y]. The van der Waals surface area contributed by atoms with Gasteiger partial charge in [0.05, 0.1) is 0 Å². The maximum Gasteiger partial charge on any atom is 0.356 e. The topological polar surface area (TPSA) is 107 Å². The zero-order chi connectivity index (χ0) is 12.7. The molecule has 2 radical (unpaired) electrons. The maximum absolute atomic E-state index is 9.69. The van der Waals surface area contributed by atoms with Crippen LogP contribution in [-0.2, 0) is 93.3 Å². The predicted octanol–water partition coefficient (Wildman–Crippen LogP) is 0.556. The quantitative estimate of drug-likeness (QED) is 0.355. The number of rotatable bonds is 4. The molecule has 0 amide bonds. The van der Waals surface area contributed by atoms with Crippen LogP contribution in [0.3, 0.4) is 0 Å². The minimum Gasteiger partial charge on any atom is -0.665 e. The van der Waals surface area contributed by atoms with Gasteiger partial charge in [0, 0.05) is 76.1 Å². The van der Waals surface area contributed by atoms with Gasteiger partial charge in [-0.3, -0.25) is 0 Å². The van der Waals surface area contributed by atoms with Crippen molar-refractivity contribution in [3.05, 3.63) is 0 Å². The second kappa shape index (κ2) is 26.5. The molecule has 0 saturated carbocycles. The first-order chi connectivity index (χ1) is 6.89. The summed E-state index contributed by atoms with van der Waals surface area (Å²) in [5.74, 6) is 0. The van der Waals surface area contributed by atoms with Crippen molar-refractivity contribution in [3.8, 4) is 0 Å². The third-order valence-corrected chi connectivity index (χ3v) is 1.31. The Kier molecular flexibility index (Phi) is 48.9. The van der Waals surface area contributed by atoms with Crippen LogP contribution in [0.25, 0.3) is 0 Å². The van der Waals surface area contributed by atoms with Crippen LogP contribution in [0.15, 0.2) is 0 Å². The van der Waals surface area contributed by atoms with Crippen molar-refractivity contribution in [1.29, 1.82) is 0 Å². The molecule has 1 N–H and O–H groups in total.